The van der Waals surface area contributed by atoms with Crippen LogP contribution in [0.15, 0.2) is 30.3 Å². The lowest BCUT2D eigenvalue weighted by Crippen LogP contribution is -2.44. The number of nitrogens with one attached hydrogen (secondary N) is 2. The minimum atomic E-state index is -3.33. The van der Waals surface area contributed by atoms with E-state index in [0.717, 1.165) is 12.7 Å². The van der Waals surface area contributed by atoms with E-state index in [0.29, 0.717) is 12.1 Å². The molecule has 26 heavy (non-hydrogen) atoms. The first-order valence-corrected chi connectivity index (χ1v) is 10.3. The average Bonchev–Trinajstić information content (AvgIpc) is 2.61. The van der Waals surface area contributed by atoms with E-state index in [9.17, 15) is 22.8 Å². The van der Waals surface area contributed by atoms with E-state index in [2.05, 4.69) is 10.6 Å². The van der Waals surface area contributed by atoms with Crippen molar-refractivity contribution in [2.75, 3.05) is 25.2 Å². The van der Waals surface area contributed by atoms with Gasteiger partial charge in [0.1, 0.15) is 15.9 Å². The first-order chi connectivity index (χ1) is 12.2. The molecule has 0 aliphatic carbocycles. The van der Waals surface area contributed by atoms with Gasteiger partial charge >= 0.3 is 5.97 Å². The third kappa shape index (κ3) is 8.61. The molecule has 144 valence electrons. The minimum absolute atomic E-state index is 0.146. The molecule has 1 aromatic rings. The smallest absolute Gasteiger partial charge is 0.329 e. The Morgan fingerprint density at radius 1 is 1.15 bits per heavy atom. The van der Waals surface area contributed by atoms with Crippen LogP contribution in [-0.4, -0.2) is 57.4 Å². The second-order valence-electron chi connectivity index (χ2n) is 5.77. The van der Waals surface area contributed by atoms with Crippen LogP contribution in [0.1, 0.15) is 30.1 Å². The van der Waals surface area contributed by atoms with Gasteiger partial charge in [0.05, 0.1) is 5.75 Å². The maximum Gasteiger partial charge on any atom is 0.329 e. The topological polar surface area (TPSA) is 119 Å². The lowest BCUT2D eigenvalue weighted by molar-refractivity contribution is -0.150. The van der Waals surface area contributed by atoms with Crippen LogP contribution in [0.25, 0.3) is 0 Å². The fraction of sp³-hybridized carbons (Fsp3) is 0.471. The second-order valence-corrected chi connectivity index (χ2v) is 8.03. The van der Waals surface area contributed by atoms with Gasteiger partial charge in [-0.15, -0.1) is 0 Å². The zero-order chi connectivity index (χ0) is 19.6. The molecular formula is C17H24N2O6S. The highest BCUT2D eigenvalue weighted by atomic mass is 32.2. The molecule has 2 N–H and O–H groups in total. The summed E-state index contributed by atoms with van der Waals surface area (Å²) in [5.74, 6) is -2.15. The Morgan fingerprint density at radius 2 is 1.81 bits per heavy atom. The maximum atomic E-state index is 12.2. The van der Waals surface area contributed by atoms with E-state index >= 15 is 0 Å². The van der Waals surface area contributed by atoms with Crippen LogP contribution in [0, 0.1) is 0 Å². The van der Waals surface area contributed by atoms with E-state index in [1.165, 1.54) is 0 Å². The van der Waals surface area contributed by atoms with Gasteiger partial charge in [0.15, 0.2) is 6.61 Å². The van der Waals surface area contributed by atoms with E-state index in [4.69, 9.17) is 4.74 Å². The zero-order valence-corrected chi connectivity index (χ0v) is 15.7. The van der Waals surface area contributed by atoms with E-state index in [-0.39, 0.29) is 12.2 Å². The largest absolute Gasteiger partial charge is 0.454 e. The molecule has 0 saturated carbocycles. The van der Waals surface area contributed by atoms with Crippen molar-refractivity contribution in [2.24, 2.45) is 0 Å². The van der Waals surface area contributed by atoms with Crippen LogP contribution in [0.5, 0.6) is 0 Å². The minimum Gasteiger partial charge on any atom is -0.454 e. The van der Waals surface area contributed by atoms with Gasteiger partial charge in [0.25, 0.3) is 11.8 Å². The molecular weight excluding hydrogens is 360 g/mol. The fourth-order valence-electron chi connectivity index (χ4n) is 1.96. The van der Waals surface area contributed by atoms with Gasteiger partial charge in [-0.25, -0.2) is 13.2 Å². The molecule has 8 nitrogen and oxygen atoms in total. The second kappa shape index (κ2) is 10.5. The van der Waals surface area contributed by atoms with Crippen LogP contribution < -0.4 is 10.6 Å². The number of carbonyl (C=O) groups excluding carboxylic acids is 3. The summed E-state index contributed by atoms with van der Waals surface area (Å²) in [6, 6.07) is 7.02. The number of benzene rings is 1. The molecule has 2 amide bonds. The van der Waals surface area contributed by atoms with Crippen molar-refractivity contribution in [3.63, 3.8) is 0 Å². The molecule has 0 bridgehead atoms. The number of hydrogen-bond acceptors (Lipinski definition) is 6. The van der Waals surface area contributed by atoms with Crippen molar-refractivity contribution >= 4 is 27.6 Å². The molecule has 0 fully saturated rings. The van der Waals surface area contributed by atoms with Crippen molar-refractivity contribution in [2.45, 2.75) is 25.8 Å². The van der Waals surface area contributed by atoms with Crippen LogP contribution in [0.4, 0.5) is 0 Å². The monoisotopic (exact) mass is 384 g/mol. The highest BCUT2D eigenvalue weighted by Gasteiger charge is 2.25. The first-order valence-electron chi connectivity index (χ1n) is 8.20. The summed E-state index contributed by atoms with van der Waals surface area (Å²) in [6.45, 7) is 1.85. The quantitative estimate of drug-likeness (QED) is 0.560. The molecule has 0 saturated heterocycles. The van der Waals surface area contributed by atoms with Gasteiger partial charge < -0.3 is 15.4 Å². The highest BCUT2D eigenvalue weighted by molar-refractivity contribution is 7.90. The molecule has 0 unspecified atom stereocenters. The summed E-state index contributed by atoms with van der Waals surface area (Å²) in [4.78, 5) is 35.9. The normalized spacial score (nSPS) is 12.1. The van der Waals surface area contributed by atoms with Crippen molar-refractivity contribution in [3.05, 3.63) is 35.9 Å². The summed E-state index contributed by atoms with van der Waals surface area (Å²) in [6.07, 6.45) is 1.63. The summed E-state index contributed by atoms with van der Waals surface area (Å²) in [5, 5.41) is 5.01. The summed E-state index contributed by atoms with van der Waals surface area (Å²) >= 11 is 0. The van der Waals surface area contributed by atoms with Crippen LogP contribution in [0.2, 0.25) is 0 Å². The average molecular weight is 384 g/mol. The SMILES string of the molecule is CCCNC(=O)COC(=O)[C@H](CCS(C)(=O)=O)NC(=O)c1ccccc1. The standard InChI is InChI=1S/C17H24N2O6S/c1-3-10-18-15(20)12-25-17(22)14(9-11-26(2,23)24)19-16(21)13-7-5-4-6-8-13/h4-8,14H,3,9-12H2,1-2H3,(H,18,20)(H,19,21)/t14-/m0/s1. The Labute approximate surface area is 153 Å². The Bertz CT molecular complexity index is 718. The van der Waals surface area contributed by atoms with Crippen molar-refractivity contribution in [1.29, 1.82) is 0 Å². The number of rotatable bonds is 10. The summed E-state index contributed by atoms with van der Waals surface area (Å²) in [7, 11) is -3.33. The van der Waals surface area contributed by atoms with Crippen LogP contribution in [-0.2, 0) is 24.2 Å². The van der Waals surface area contributed by atoms with Gasteiger partial charge in [0, 0.05) is 18.4 Å². The Balaban J connectivity index is 2.72. The number of hydrogen-bond donors (Lipinski definition) is 2. The molecule has 1 atom stereocenters. The molecule has 0 spiro atoms. The molecule has 0 aliphatic heterocycles. The van der Waals surface area contributed by atoms with E-state index < -0.39 is 40.3 Å². The lowest BCUT2D eigenvalue weighted by atomic mass is 10.1. The molecule has 0 radical (unpaired) electrons. The van der Waals surface area contributed by atoms with E-state index in [1.807, 2.05) is 6.92 Å². The predicted molar refractivity (Wildman–Crippen MR) is 96.3 cm³/mol. The molecule has 0 aromatic heterocycles. The van der Waals surface area contributed by atoms with Gasteiger partial charge in [-0.3, -0.25) is 9.59 Å². The Hall–Kier alpha value is -2.42. The Kier molecular flexibility index (Phi) is 8.77. The van der Waals surface area contributed by atoms with Crippen molar-refractivity contribution in [1.82, 2.24) is 10.6 Å². The third-order valence-electron chi connectivity index (χ3n) is 3.32. The fourth-order valence-corrected chi connectivity index (χ4v) is 2.63. The van der Waals surface area contributed by atoms with Crippen molar-refractivity contribution in [3.8, 4) is 0 Å². The van der Waals surface area contributed by atoms with Gasteiger partial charge in [0.2, 0.25) is 0 Å². The number of esters is 1. The van der Waals surface area contributed by atoms with Crippen LogP contribution in [0.3, 0.4) is 0 Å². The zero-order valence-electron chi connectivity index (χ0n) is 14.9. The molecule has 1 aromatic carbocycles. The number of amides is 2. The molecule has 9 heteroatoms. The number of sulfone groups is 1. The predicted octanol–water partition coefficient (Wildman–Crippen LogP) is 0.289. The van der Waals surface area contributed by atoms with Gasteiger partial charge in [-0.1, -0.05) is 25.1 Å². The molecule has 0 aliphatic rings. The molecule has 0 heterocycles. The lowest BCUT2D eigenvalue weighted by Gasteiger charge is -2.17. The number of ether oxygens (including phenoxy) is 1. The molecule has 1 rings (SSSR count). The van der Waals surface area contributed by atoms with Gasteiger partial charge in [-0.05, 0) is 25.0 Å². The third-order valence-corrected chi connectivity index (χ3v) is 4.30. The highest BCUT2D eigenvalue weighted by Crippen LogP contribution is 2.04. The number of carbonyl (C=O) groups is 3. The van der Waals surface area contributed by atoms with Gasteiger partial charge in [-0.2, -0.15) is 0 Å². The summed E-state index contributed by atoms with van der Waals surface area (Å²) < 4.78 is 27.6. The van der Waals surface area contributed by atoms with Crippen molar-refractivity contribution < 1.29 is 27.5 Å². The maximum absolute atomic E-state index is 12.2. The van der Waals surface area contributed by atoms with Crippen LogP contribution >= 0.6 is 0 Å². The first kappa shape index (κ1) is 21.6. The summed E-state index contributed by atoms with van der Waals surface area (Å²) in [5.41, 5.74) is 0.324. The van der Waals surface area contributed by atoms with E-state index in [1.54, 1.807) is 30.3 Å². The Morgan fingerprint density at radius 3 is 2.38 bits per heavy atom.